The Balaban J connectivity index is 2.95. The van der Waals surface area contributed by atoms with Gasteiger partial charge in [-0.25, -0.2) is 0 Å². The molecule has 0 heterocycles. The van der Waals surface area contributed by atoms with Gasteiger partial charge < -0.3 is 11.1 Å². The smallest absolute Gasteiger partial charge is 0.252 e. The van der Waals surface area contributed by atoms with Crippen LogP contribution in [-0.2, 0) is 0 Å². The van der Waals surface area contributed by atoms with Gasteiger partial charge in [0.2, 0.25) is 5.91 Å². The summed E-state index contributed by atoms with van der Waals surface area (Å²) in [6, 6.07) is 6.61. The minimum Gasteiger partial charge on any atom is -0.366 e. The van der Waals surface area contributed by atoms with Crippen molar-refractivity contribution < 1.29 is 9.59 Å². The Labute approximate surface area is 94.8 Å². The molecule has 1 atom stereocenters. The van der Waals surface area contributed by atoms with Crippen molar-refractivity contribution in [3.05, 3.63) is 35.4 Å². The third kappa shape index (κ3) is 2.82. The minimum absolute atomic E-state index is 0.0773. The molecule has 0 bridgehead atoms. The Hall–Kier alpha value is -1.84. The van der Waals surface area contributed by atoms with Gasteiger partial charge in [0.05, 0.1) is 11.1 Å². The second kappa shape index (κ2) is 5.30. The van der Waals surface area contributed by atoms with Crippen LogP contribution in [0, 0.1) is 0 Å². The summed E-state index contributed by atoms with van der Waals surface area (Å²) in [5.74, 6) is -0.848. The molecule has 16 heavy (non-hydrogen) atoms. The monoisotopic (exact) mass is 220 g/mol. The van der Waals surface area contributed by atoms with Gasteiger partial charge in [-0.15, -0.1) is 0 Å². The van der Waals surface area contributed by atoms with Gasteiger partial charge in [0.15, 0.2) is 0 Å². The number of benzene rings is 1. The fraction of sp³-hybridized carbons (Fsp3) is 0.333. The van der Waals surface area contributed by atoms with Gasteiger partial charge in [0, 0.05) is 6.04 Å². The van der Waals surface area contributed by atoms with Gasteiger partial charge >= 0.3 is 0 Å². The molecule has 0 aliphatic rings. The third-order valence-corrected chi connectivity index (χ3v) is 2.43. The molecule has 4 heteroatoms. The van der Waals surface area contributed by atoms with Crippen molar-refractivity contribution in [3.63, 3.8) is 0 Å². The van der Waals surface area contributed by atoms with Gasteiger partial charge in [0.1, 0.15) is 0 Å². The highest BCUT2D eigenvalue weighted by molar-refractivity contribution is 6.06. The maximum atomic E-state index is 11.8. The van der Waals surface area contributed by atoms with Crippen molar-refractivity contribution in [1.29, 1.82) is 0 Å². The predicted octanol–water partition coefficient (Wildman–Crippen LogP) is 1.31. The number of hydrogen-bond acceptors (Lipinski definition) is 2. The molecule has 0 fully saturated rings. The number of nitrogens with two attached hydrogens (primary N) is 1. The second-order valence-corrected chi connectivity index (χ2v) is 3.69. The van der Waals surface area contributed by atoms with Crippen molar-refractivity contribution in [1.82, 2.24) is 5.32 Å². The maximum Gasteiger partial charge on any atom is 0.252 e. The Morgan fingerprint density at radius 1 is 1.31 bits per heavy atom. The lowest BCUT2D eigenvalue weighted by Gasteiger charge is -2.12. The molecule has 1 aromatic carbocycles. The van der Waals surface area contributed by atoms with E-state index in [-0.39, 0.29) is 17.5 Å². The normalized spacial score (nSPS) is 11.9. The zero-order chi connectivity index (χ0) is 12.1. The van der Waals surface area contributed by atoms with E-state index in [4.69, 9.17) is 5.73 Å². The Bertz CT molecular complexity index is 402. The number of nitrogens with one attached hydrogen (secondary N) is 1. The number of carbonyl (C=O) groups is 2. The highest BCUT2D eigenvalue weighted by atomic mass is 16.2. The predicted molar refractivity (Wildman–Crippen MR) is 62.2 cm³/mol. The van der Waals surface area contributed by atoms with Crippen LogP contribution in [0.15, 0.2) is 24.3 Å². The van der Waals surface area contributed by atoms with Crippen LogP contribution in [0.3, 0.4) is 0 Å². The Morgan fingerprint density at radius 3 is 2.38 bits per heavy atom. The van der Waals surface area contributed by atoms with Crippen LogP contribution in [0.1, 0.15) is 41.0 Å². The third-order valence-electron chi connectivity index (χ3n) is 2.43. The SMILES string of the molecule is CCC(C)NC(=O)c1ccccc1C(N)=O. The maximum absolute atomic E-state index is 11.8. The lowest BCUT2D eigenvalue weighted by Crippen LogP contribution is -2.33. The number of carbonyl (C=O) groups excluding carboxylic acids is 2. The highest BCUT2D eigenvalue weighted by Gasteiger charge is 2.15. The van der Waals surface area contributed by atoms with Crippen LogP contribution in [0.4, 0.5) is 0 Å². The summed E-state index contributed by atoms with van der Waals surface area (Å²) in [7, 11) is 0. The average Bonchev–Trinajstić information content (AvgIpc) is 2.28. The molecule has 0 spiro atoms. The molecule has 86 valence electrons. The van der Waals surface area contributed by atoms with E-state index in [0.717, 1.165) is 6.42 Å². The summed E-state index contributed by atoms with van der Waals surface area (Å²) >= 11 is 0. The Morgan fingerprint density at radius 2 is 1.88 bits per heavy atom. The molecule has 0 saturated carbocycles. The molecule has 4 nitrogen and oxygen atoms in total. The molecule has 0 radical (unpaired) electrons. The molecule has 0 aliphatic heterocycles. The van der Waals surface area contributed by atoms with Crippen LogP contribution in [0.2, 0.25) is 0 Å². The highest BCUT2D eigenvalue weighted by Crippen LogP contribution is 2.08. The van der Waals surface area contributed by atoms with Crippen LogP contribution in [0.5, 0.6) is 0 Å². The minimum atomic E-state index is -0.588. The molecule has 3 N–H and O–H groups in total. The summed E-state index contributed by atoms with van der Waals surface area (Å²) < 4.78 is 0. The van der Waals surface area contributed by atoms with E-state index >= 15 is 0 Å². The molecule has 0 aliphatic carbocycles. The fourth-order valence-corrected chi connectivity index (χ4v) is 1.30. The van der Waals surface area contributed by atoms with Crippen molar-refractivity contribution in [2.45, 2.75) is 26.3 Å². The quantitative estimate of drug-likeness (QED) is 0.803. The summed E-state index contributed by atoms with van der Waals surface area (Å²) in [5, 5.41) is 2.79. The van der Waals surface area contributed by atoms with Gasteiger partial charge in [-0.2, -0.15) is 0 Å². The molecular weight excluding hydrogens is 204 g/mol. The molecule has 0 aromatic heterocycles. The van der Waals surface area contributed by atoms with Gasteiger partial charge in [-0.1, -0.05) is 19.1 Å². The van der Waals surface area contributed by atoms with E-state index in [1.54, 1.807) is 24.3 Å². The van der Waals surface area contributed by atoms with Crippen LogP contribution in [-0.4, -0.2) is 17.9 Å². The van der Waals surface area contributed by atoms with E-state index in [1.165, 1.54) is 0 Å². The van der Waals surface area contributed by atoms with Gasteiger partial charge in [-0.3, -0.25) is 9.59 Å². The number of rotatable bonds is 4. The summed E-state index contributed by atoms with van der Waals surface area (Å²) in [6.07, 6.45) is 0.838. The summed E-state index contributed by atoms with van der Waals surface area (Å²) in [5.41, 5.74) is 5.78. The van der Waals surface area contributed by atoms with Crippen molar-refractivity contribution in [2.75, 3.05) is 0 Å². The van der Waals surface area contributed by atoms with E-state index in [1.807, 2.05) is 13.8 Å². The van der Waals surface area contributed by atoms with Crippen LogP contribution >= 0.6 is 0 Å². The average molecular weight is 220 g/mol. The molecule has 1 aromatic rings. The van der Waals surface area contributed by atoms with E-state index in [9.17, 15) is 9.59 Å². The summed E-state index contributed by atoms with van der Waals surface area (Å²) in [4.78, 5) is 22.9. The molecular formula is C12H16N2O2. The molecule has 1 rings (SSSR count). The zero-order valence-electron chi connectivity index (χ0n) is 9.49. The molecule has 1 unspecified atom stereocenters. The van der Waals surface area contributed by atoms with Crippen LogP contribution in [0.25, 0.3) is 0 Å². The van der Waals surface area contributed by atoms with E-state index in [0.29, 0.717) is 5.56 Å². The standard InChI is InChI=1S/C12H16N2O2/c1-3-8(2)14-12(16)10-7-5-4-6-9(10)11(13)15/h4-8H,3H2,1-2H3,(H2,13,15)(H,14,16). The first kappa shape index (κ1) is 12.2. The van der Waals surface area contributed by atoms with E-state index < -0.39 is 5.91 Å². The van der Waals surface area contributed by atoms with Crippen molar-refractivity contribution in [2.24, 2.45) is 5.73 Å². The van der Waals surface area contributed by atoms with Crippen molar-refractivity contribution in [3.8, 4) is 0 Å². The lowest BCUT2D eigenvalue weighted by molar-refractivity contribution is 0.0924. The lowest BCUT2D eigenvalue weighted by atomic mass is 10.1. The first-order valence-corrected chi connectivity index (χ1v) is 5.26. The summed E-state index contributed by atoms with van der Waals surface area (Å²) in [6.45, 7) is 3.88. The number of hydrogen-bond donors (Lipinski definition) is 2. The van der Waals surface area contributed by atoms with Gasteiger partial charge in [0.25, 0.3) is 5.91 Å². The largest absolute Gasteiger partial charge is 0.366 e. The number of amides is 2. The van der Waals surface area contributed by atoms with Gasteiger partial charge in [-0.05, 0) is 25.5 Å². The first-order valence-electron chi connectivity index (χ1n) is 5.26. The van der Waals surface area contributed by atoms with E-state index in [2.05, 4.69) is 5.32 Å². The van der Waals surface area contributed by atoms with Crippen molar-refractivity contribution >= 4 is 11.8 Å². The number of primary amides is 1. The Kier molecular flexibility index (Phi) is 4.05. The van der Waals surface area contributed by atoms with Crippen LogP contribution < -0.4 is 11.1 Å². The first-order chi connectivity index (χ1) is 7.56. The molecule has 0 saturated heterocycles. The second-order valence-electron chi connectivity index (χ2n) is 3.69. The molecule has 2 amide bonds. The topological polar surface area (TPSA) is 72.2 Å². The fourth-order valence-electron chi connectivity index (χ4n) is 1.30. The zero-order valence-corrected chi connectivity index (χ0v) is 9.49.